The molecule has 5 heteroatoms. The van der Waals surface area contributed by atoms with E-state index in [2.05, 4.69) is 16.6 Å². The highest BCUT2D eigenvalue weighted by molar-refractivity contribution is 5.48. The average molecular weight is 245 g/mol. The van der Waals surface area contributed by atoms with Crippen molar-refractivity contribution in [1.29, 1.82) is 0 Å². The molecule has 0 saturated heterocycles. The van der Waals surface area contributed by atoms with E-state index in [1.807, 2.05) is 42.9 Å². The SMILES string of the molecule is Cc1cc(CC(NN)c2ccccc2N)n(C)n1. The van der Waals surface area contributed by atoms with Gasteiger partial charge in [0.2, 0.25) is 0 Å². The van der Waals surface area contributed by atoms with Crippen LogP contribution in [-0.4, -0.2) is 9.78 Å². The number of hydrogen-bond acceptors (Lipinski definition) is 4. The summed E-state index contributed by atoms with van der Waals surface area (Å²) >= 11 is 0. The molecule has 5 nitrogen and oxygen atoms in total. The van der Waals surface area contributed by atoms with E-state index in [0.29, 0.717) is 0 Å². The highest BCUT2D eigenvalue weighted by atomic mass is 15.3. The molecule has 1 atom stereocenters. The van der Waals surface area contributed by atoms with E-state index < -0.39 is 0 Å². The summed E-state index contributed by atoms with van der Waals surface area (Å²) in [6.45, 7) is 1.98. The highest BCUT2D eigenvalue weighted by Crippen LogP contribution is 2.23. The Bertz CT molecular complexity index is 532. The third kappa shape index (κ3) is 2.52. The number of hydrogen-bond donors (Lipinski definition) is 3. The van der Waals surface area contributed by atoms with Crippen molar-refractivity contribution in [3.05, 3.63) is 47.3 Å². The van der Waals surface area contributed by atoms with Gasteiger partial charge in [-0.15, -0.1) is 0 Å². The number of rotatable bonds is 4. The largest absolute Gasteiger partial charge is 0.398 e. The van der Waals surface area contributed by atoms with E-state index in [4.69, 9.17) is 11.6 Å². The Kier molecular flexibility index (Phi) is 3.64. The Morgan fingerprint density at radius 3 is 2.67 bits per heavy atom. The molecule has 1 aromatic carbocycles. The molecule has 2 aromatic rings. The molecule has 5 N–H and O–H groups in total. The first-order valence-corrected chi connectivity index (χ1v) is 5.92. The zero-order valence-corrected chi connectivity index (χ0v) is 10.7. The van der Waals surface area contributed by atoms with Gasteiger partial charge in [0.25, 0.3) is 0 Å². The summed E-state index contributed by atoms with van der Waals surface area (Å²) in [5, 5.41) is 4.33. The molecule has 1 heterocycles. The van der Waals surface area contributed by atoms with Gasteiger partial charge in [0.1, 0.15) is 0 Å². The maximum absolute atomic E-state index is 5.98. The zero-order chi connectivity index (χ0) is 13.1. The van der Waals surface area contributed by atoms with Gasteiger partial charge in [-0.3, -0.25) is 16.0 Å². The summed E-state index contributed by atoms with van der Waals surface area (Å²) in [6.07, 6.45) is 0.752. The fourth-order valence-electron chi connectivity index (χ4n) is 2.15. The van der Waals surface area contributed by atoms with E-state index >= 15 is 0 Å². The molecule has 0 aliphatic heterocycles. The Hall–Kier alpha value is -1.85. The van der Waals surface area contributed by atoms with Crippen LogP contribution in [0.15, 0.2) is 30.3 Å². The molecule has 2 rings (SSSR count). The third-order valence-corrected chi connectivity index (χ3v) is 3.08. The Labute approximate surface area is 107 Å². The van der Waals surface area contributed by atoms with Gasteiger partial charge < -0.3 is 5.73 Å². The number of nitrogen functional groups attached to an aromatic ring is 1. The molecular weight excluding hydrogens is 226 g/mol. The van der Waals surface area contributed by atoms with Crippen LogP contribution in [0.4, 0.5) is 5.69 Å². The fraction of sp³-hybridized carbons (Fsp3) is 0.308. The standard InChI is InChI=1S/C13H19N5/c1-9-7-10(18(2)17-9)8-13(16-15)11-5-3-4-6-12(11)14/h3-7,13,16H,8,14-15H2,1-2H3. The molecular formula is C13H19N5. The number of nitrogens with one attached hydrogen (secondary N) is 1. The van der Waals surface area contributed by atoms with Crippen molar-refractivity contribution in [2.75, 3.05) is 5.73 Å². The Morgan fingerprint density at radius 1 is 1.39 bits per heavy atom. The summed E-state index contributed by atoms with van der Waals surface area (Å²) in [6, 6.07) is 9.80. The molecule has 18 heavy (non-hydrogen) atoms. The van der Waals surface area contributed by atoms with E-state index in [1.54, 1.807) is 0 Å². The molecule has 1 unspecified atom stereocenters. The number of benzene rings is 1. The minimum Gasteiger partial charge on any atom is -0.398 e. The first kappa shape index (κ1) is 12.6. The first-order chi connectivity index (χ1) is 8.61. The van der Waals surface area contributed by atoms with Gasteiger partial charge in [-0.2, -0.15) is 5.10 Å². The van der Waals surface area contributed by atoms with Crippen molar-refractivity contribution in [3.8, 4) is 0 Å². The molecule has 0 spiro atoms. The van der Waals surface area contributed by atoms with Crippen molar-refractivity contribution in [1.82, 2.24) is 15.2 Å². The number of aryl methyl sites for hydroxylation is 2. The highest BCUT2D eigenvalue weighted by Gasteiger charge is 2.15. The minimum atomic E-state index is -0.0130. The van der Waals surface area contributed by atoms with Crippen LogP contribution >= 0.6 is 0 Å². The fourth-order valence-corrected chi connectivity index (χ4v) is 2.15. The monoisotopic (exact) mass is 245 g/mol. The summed E-state index contributed by atoms with van der Waals surface area (Å²) < 4.78 is 1.87. The van der Waals surface area contributed by atoms with Gasteiger partial charge in [-0.25, -0.2) is 0 Å². The molecule has 0 aliphatic carbocycles. The second-order valence-corrected chi connectivity index (χ2v) is 4.45. The van der Waals surface area contributed by atoms with Crippen LogP contribution in [0.25, 0.3) is 0 Å². The van der Waals surface area contributed by atoms with Crippen LogP contribution < -0.4 is 17.0 Å². The smallest absolute Gasteiger partial charge is 0.0596 e. The molecule has 0 amide bonds. The minimum absolute atomic E-state index is 0.0130. The number of aromatic nitrogens is 2. The van der Waals surface area contributed by atoms with Crippen molar-refractivity contribution in [2.45, 2.75) is 19.4 Å². The summed E-state index contributed by atoms with van der Waals surface area (Å²) in [4.78, 5) is 0. The van der Waals surface area contributed by atoms with Gasteiger partial charge in [0, 0.05) is 24.8 Å². The van der Waals surface area contributed by atoms with Crippen LogP contribution in [-0.2, 0) is 13.5 Å². The average Bonchev–Trinajstić information content (AvgIpc) is 2.66. The van der Waals surface area contributed by atoms with Crippen LogP contribution in [0.3, 0.4) is 0 Å². The molecule has 0 saturated carbocycles. The van der Waals surface area contributed by atoms with Crippen molar-refractivity contribution < 1.29 is 0 Å². The number of hydrazine groups is 1. The van der Waals surface area contributed by atoms with E-state index in [1.165, 1.54) is 0 Å². The number of para-hydroxylation sites is 1. The second kappa shape index (κ2) is 5.20. The van der Waals surface area contributed by atoms with Gasteiger partial charge in [0.15, 0.2) is 0 Å². The number of nitrogens with two attached hydrogens (primary N) is 2. The lowest BCUT2D eigenvalue weighted by molar-refractivity contribution is 0.531. The van der Waals surface area contributed by atoms with Crippen LogP contribution in [0.1, 0.15) is 23.0 Å². The summed E-state index contributed by atoms with van der Waals surface area (Å²) in [5.41, 5.74) is 12.7. The van der Waals surface area contributed by atoms with Gasteiger partial charge in [-0.1, -0.05) is 18.2 Å². The topological polar surface area (TPSA) is 81.9 Å². The van der Waals surface area contributed by atoms with Crippen LogP contribution in [0.2, 0.25) is 0 Å². The molecule has 0 bridgehead atoms. The Morgan fingerprint density at radius 2 is 2.11 bits per heavy atom. The second-order valence-electron chi connectivity index (χ2n) is 4.45. The predicted molar refractivity (Wildman–Crippen MR) is 72.6 cm³/mol. The lowest BCUT2D eigenvalue weighted by atomic mass is 10.0. The van der Waals surface area contributed by atoms with E-state index in [9.17, 15) is 0 Å². The molecule has 96 valence electrons. The first-order valence-electron chi connectivity index (χ1n) is 5.92. The van der Waals surface area contributed by atoms with Crippen molar-refractivity contribution in [3.63, 3.8) is 0 Å². The van der Waals surface area contributed by atoms with E-state index in [0.717, 1.165) is 29.1 Å². The lowest BCUT2D eigenvalue weighted by Crippen LogP contribution is -2.30. The number of nitrogens with zero attached hydrogens (tertiary/aromatic N) is 2. The third-order valence-electron chi connectivity index (χ3n) is 3.08. The summed E-state index contributed by atoms with van der Waals surface area (Å²) in [7, 11) is 1.93. The van der Waals surface area contributed by atoms with Crippen molar-refractivity contribution >= 4 is 5.69 Å². The maximum Gasteiger partial charge on any atom is 0.0596 e. The normalized spacial score (nSPS) is 12.6. The Balaban J connectivity index is 2.25. The van der Waals surface area contributed by atoms with Gasteiger partial charge >= 0.3 is 0 Å². The predicted octanol–water partition coefficient (Wildman–Crippen LogP) is 1.06. The van der Waals surface area contributed by atoms with Crippen molar-refractivity contribution in [2.24, 2.45) is 12.9 Å². The lowest BCUT2D eigenvalue weighted by Gasteiger charge is -2.18. The quantitative estimate of drug-likeness (QED) is 0.427. The molecule has 1 aromatic heterocycles. The molecule has 0 fully saturated rings. The number of anilines is 1. The summed E-state index contributed by atoms with van der Waals surface area (Å²) in [5.74, 6) is 5.64. The van der Waals surface area contributed by atoms with Gasteiger partial charge in [-0.05, 0) is 24.6 Å². The van der Waals surface area contributed by atoms with Crippen LogP contribution in [0, 0.1) is 6.92 Å². The van der Waals surface area contributed by atoms with E-state index in [-0.39, 0.29) is 6.04 Å². The maximum atomic E-state index is 5.98. The zero-order valence-electron chi connectivity index (χ0n) is 10.7. The van der Waals surface area contributed by atoms with Crippen LogP contribution in [0.5, 0.6) is 0 Å². The molecule has 0 radical (unpaired) electrons. The molecule has 0 aliphatic rings. The van der Waals surface area contributed by atoms with Gasteiger partial charge in [0.05, 0.1) is 11.7 Å².